The van der Waals surface area contributed by atoms with Gasteiger partial charge in [0, 0.05) is 23.7 Å². The van der Waals surface area contributed by atoms with Crippen LogP contribution in [0.5, 0.6) is 5.75 Å². The Bertz CT molecular complexity index is 592. The van der Waals surface area contributed by atoms with Gasteiger partial charge in [0.1, 0.15) is 23.7 Å². The second-order valence-electron chi connectivity index (χ2n) is 3.63. The van der Waals surface area contributed by atoms with Crippen LogP contribution in [0.2, 0.25) is 0 Å². The van der Waals surface area contributed by atoms with Gasteiger partial charge in [-0.25, -0.2) is 9.97 Å². The molecule has 1 aromatic carbocycles. The largest absolute Gasteiger partial charge is 0.495 e. The van der Waals surface area contributed by atoms with E-state index < -0.39 is 0 Å². The number of methoxy groups -OCH3 is 1. The number of hydrogen-bond donors (Lipinski definition) is 2. The topological polar surface area (TPSA) is 59.1 Å². The standard InChI is InChI=1S/C12H12Br2N4O/c1-15-11-5-12(17-6-16-11)18-9-4-10(19-2)8(14)3-7(9)13/h3-6H,1-2H3,(H2,15,16,17,18). The molecule has 0 spiro atoms. The second kappa shape index (κ2) is 6.21. The highest BCUT2D eigenvalue weighted by atomic mass is 79.9. The van der Waals surface area contributed by atoms with Crippen LogP contribution < -0.4 is 15.4 Å². The molecule has 0 amide bonds. The number of ether oxygens (including phenoxy) is 1. The van der Waals surface area contributed by atoms with Gasteiger partial charge in [0.25, 0.3) is 0 Å². The Labute approximate surface area is 128 Å². The zero-order chi connectivity index (χ0) is 13.8. The van der Waals surface area contributed by atoms with E-state index in [1.54, 1.807) is 7.11 Å². The average molecular weight is 388 g/mol. The van der Waals surface area contributed by atoms with E-state index in [2.05, 4.69) is 52.5 Å². The van der Waals surface area contributed by atoms with Gasteiger partial charge in [-0.1, -0.05) is 0 Å². The molecule has 1 heterocycles. The zero-order valence-corrected chi connectivity index (χ0v) is 13.5. The molecule has 2 N–H and O–H groups in total. The predicted octanol–water partition coefficient (Wildman–Crippen LogP) is 3.80. The van der Waals surface area contributed by atoms with E-state index >= 15 is 0 Å². The molecule has 0 aliphatic carbocycles. The van der Waals surface area contributed by atoms with Crippen LogP contribution in [0.15, 0.2) is 33.5 Å². The van der Waals surface area contributed by atoms with Gasteiger partial charge in [0.05, 0.1) is 17.3 Å². The van der Waals surface area contributed by atoms with Crippen molar-refractivity contribution >= 4 is 49.2 Å². The van der Waals surface area contributed by atoms with Crippen LogP contribution in [0, 0.1) is 0 Å². The first kappa shape index (κ1) is 14.1. The summed E-state index contributed by atoms with van der Waals surface area (Å²) in [7, 11) is 3.44. The normalized spacial score (nSPS) is 10.1. The summed E-state index contributed by atoms with van der Waals surface area (Å²) in [5, 5.41) is 6.17. The monoisotopic (exact) mass is 386 g/mol. The highest BCUT2D eigenvalue weighted by Gasteiger charge is 2.08. The van der Waals surface area contributed by atoms with Crippen molar-refractivity contribution in [1.82, 2.24) is 9.97 Å². The average Bonchev–Trinajstić information content (AvgIpc) is 2.42. The van der Waals surface area contributed by atoms with Gasteiger partial charge in [-0.2, -0.15) is 0 Å². The van der Waals surface area contributed by atoms with Crippen LogP contribution in [-0.4, -0.2) is 24.1 Å². The van der Waals surface area contributed by atoms with Gasteiger partial charge in [0.2, 0.25) is 0 Å². The molecule has 2 aromatic rings. The third kappa shape index (κ3) is 3.36. The van der Waals surface area contributed by atoms with Crippen LogP contribution >= 0.6 is 31.9 Å². The summed E-state index contributed by atoms with van der Waals surface area (Å²) in [6.45, 7) is 0. The molecule has 0 saturated carbocycles. The summed E-state index contributed by atoms with van der Waals surface area (Å²) in [6.07, 6.45) is 1.50. The van der Waals surface area contributed by atoms with Crippen molar-refractivity contribution in [2.24, 2.45) is 0 Å². The van der Waals surface area contributed by atoms with Crippen LogP contribution in [0.25, 0.3) is 0 Å². The number of aromatic nitrogens is 2. The lowest BCUT2D eigenvalue weighted by molar-refractivity contribution is 0.412. The zero-order valence-electron chi connectivity index (χ0n) is 10.4. The Hall–Kier alpha value is -1.34. The molecule has 0 unspecified atom stereocenters. The lowest BCUT2D eigenvalue weighted by atomic mass is 10.3. The molecule has 7 heteroatoms. The number of nitrogens with one attached hydrogen (secondary N) is 2. The van der Waals surface area contributed by atoms with E-state index in [0.29, 0.717) is 5.82 Å². The molecule has 0 saturated heterocycles. The summed E-state index contributed by atoms with van der Waals surface area (Å²) < 4.78 is 7.06. The van der Waals surface area contributed by atoms with Gasteiger partial charge in [-0.05, 0) is 37.9 Å². The number of hydrogen-bond acceptors (Lipinski definition) is 5. The molecule has 0 bridgehead atoms. The minimum atomic E-state index is 0.699. The third-order valence-electron chi connectivity index (χ3n) is 2.43. The van der Waals surface area contributed by atoms with Gasteiger partial charge in [-0.3, -0.25) is 0 Å². The molecule has 0 aliphatic rings. The van der Waals surface area contributed by atoms with Gasteiger partial charge in [-0.15, -0.1) is 0 Å². The van der Waals surface area contributed by atoms with Crippen molar-refractivity contribution in [3.63, 3.8) is 0 Å². The Kier molecular flexibility index (Phi) is 4.60. The van der Waals surface area contributed by atoms with Crippen LogP contribution in [0.4, 0.5) is 17.3 Å². The molecule has 100 valence electrons. The van der Waals surface area contributed by atoms with Gasteiger partial charge in [0.15, 0.2) is 0 Å². The first-order valence-electron chi connectivity index (χ1n) is 5.44. The number of rotatable bonds is 4. The molecular weight excluding hydrogens is 376 g/mol. The van der Waals surface area contributed by atoms with E-state index in [9.17, 15) is 0 Å². The van der Waals surface area contributed by atoms with Gasteiger partial charge >= 0.3 is 0 Å². The number of anilines is 3. The van der Waals surface area contributed by atoms with Crippen molar-refractivity contribution in [3.05, 3.63) is 33.5 Å². The van der Waals surface area contributed by atoms with Crippen molar-refractivity contribution in [3.8, 4) is 5.75 Å². The SMILES string of the molecule is CNc1cc(Nc2cc(OC)c(Br)cc2Br)ncn1. The highest BCUT2D eigenvalue weighted by Crippen LogP contribution is 2.35. The minimum absolute atomic E-state index is 0.699. The number of benzene rings is 1. The molecule has 5 nitrogen and oxygen atoms in total. The maximum atomic E-state index is 5.27. The van der Waals surface area contributed by atoms with Crippen LogP contribution in [0.3, 0.4) is 0 Å². The summed E-state index contributed by atoms with van der Waals surface area (Å²) in [6, 6.07) is 5.62. The second-order valence-corrected chi connectivity index (χ2v) is 5.34. The van der Waals surface area contributed by atoms with Crippen molar-refractivity contribution in [2.45, 2.75) is 0 Å². The summed E-state index contributed by atoms with van der Waals surface area (Å²) in [5.41, 5.74) is 0.862. The molecule has 19 heavy (non-hydrogen) atoms. The molecular formula is C12H12Br2N4O. The Morgan fingerprint density at radius 3 is 2.47 bits per heavy atom. The Balaban J connectivity index is 2.32. The van der Waals surface area contributed by atoms with Gasteiger partial charge < -0.3 is 15.4 Å². The molecule has 0 aliphatic heterocycles. The Morgan fingerprint density at radius 1 is 1.05 bits per heavy atom. The van der Waals surface area contributed by atoms with Crippen LogP contribution in [-0.2, 0) is 0 Å². The first-order valence-corrected chi connectivity index (χ1v) is 7.02. The number of halogens is 2. The molecule has 0 radical (unpaired) electrons. The molecule has 0 atom stereocenters. The quantitative estimate of drug-likeness (QED) is 0.835. The predicted molar refractivity (Wildman–Crippen MR) is 83.3 cm³/mol. The first-order chi connectivity index (χ1) is 9.13. The maximum absolute atomic E-state index is 5.27. The van der Waals surface area contributed by atoms with E-state index in [4.69, 9.17) is 4.74 Å². The van der Waals surface area contributed by atoms with E-state index in [1.807, 2.05) is 25.2 Å². The van der Waals surface area contributed by atoms with Crippen molar-refractivity contribution < 1.29 is 4.74 Å². The van der Waals surface area contributed by atoms with E-state index in [1.165, 1.54) is 6.33 Å². The third-order valence-corrected chi connectivity index (χ3v) is 3.70. The number of nitrogens with zero attached hydrogens (tertiary/aromatic N) is 2. The smallest absolute Gasteiger partial charge is 0.135 e. The summed E-state index contributed by atoms with van der Waals surface area (Å²) in [5.74, 6) is 2.19. The minimum Gasteiger partial charge on any atom is -0.495 e. The summed E-state index contributed by atoms with van der Waals surface area (Å²) in [4.78, 5) is 8.23. The molecule has 1 aromatic heterocycles. The molecule has 2 rings (SSSR count). The maximum Gasteiger partial charge on any atom is 0.135 e. The summed E-state index contributed by atoms with van der Waals surface area (Å²) >= 11 is 6.93. The molecule has 0 fully saturated rings. The lowest BCUT2D eigenvalue weighted by Crippen LogP contribution is -1.99. The van der Waals surface area contributed by atoms with E-state index in [0.717, 1.165) is 26.2 Å². The Morgan fingerprint density at radius 2 is 1.79 bits per heavy atom. The fourth-order valence-corrected chi connectivity index (χ4v) is 2.74. The fourth-order valence-electron chi connectivity index (χ4n) is 1.48. The lowest BCUT2D eigenvalue weighted by Gasteiger charge is -2.11. The highest BCUT2D eigenvalue weighted by molar-refractivity contribution is 9.11. The van der Waals surface area contributed by atoms with Crippen LogP contribution in [0.1, 0.15) is 0 Å². The van der Waals surface area contributed by atoms with E-state index in [-0.39, 0.29) is 0 Å². The van der Waals surface area contributed by atoms with Crippen molar-refractivity contribution in [2.75, 3.05) is 24.8 Å². The fraction of sp³-hybridized carbons (Fsp3) is 0.167. The van der Waals surface area contributed by atoms with Crippen molar-refractivity contribution in [1.29, 1.82) is 0 Å².